The van der Waals surface area contributed by atoms with Gasteiger partial charge in [0.15, 0.2) is 0 Å². The molecule has 1 aromatic carbocycles. The first kappa shape index (κ1) is 25.9. The van der Waals surface area contributed by atoms with Gasteiger partial charge in [-0.15, -0.1) is 10.2 Å². The fraction of sp³-hybridized carbons (Fsp3) is 0.308. The maximum absolute atomic E-state index is 13.5. The highest BCUT2D eigenvalue weighted by atomic mass is 19.3. The number of hydrogen-bond donors (Lipinski definition) is 1. The van der Waals surface area contributed by atoms with Crippen LogP contribution >= 0.6 is 0 Å². The van der Waals surface area contributed by atoms with E-state index in [0.29, 0.717) is 29.9 Å². The van der Waals surface area contributed by atoms with Crippen LogP contribution in [-0.2, 0) is 11.3 Å². The van der Waals surface area contributed by atoms with Crippen LogP contribution < -0.4 is 4.90 Å². The number of halogens is 2. The Morgan fingerprint density at radius 2 is 1.95 bits per heavy atom. The van der Waals surface area contributed by atoms with Crippen LogP contribution in [0, 0.1) is 0 Å². The highest BCUT2D eigenvalue weighted by molar-refractivity contribution is 6.16. The molecule has 0 bridgehead atoms. The van der Waals surface area contributed by atoms with Crippen molar-refractivity contribution in [2.45, 2.75) is 38.8 Å². The summed E-state index contributed by atoms with van der Waals surface area (Å²) in [6, 6.07) is 9.82. The van der Waals surface area contributed by atoms with Crippen molar-refractivity contribution in [2.24, 2.45) is 0 Å². The van der Waals surface area contributed by atoms with Crippen molar-refractivity contribution in [3.63, 3.8) is 0 Å². The quantitative estimate of drug-likeness (QED) is 0.451. The smallest absolute Gasteiger partial charge is 0.407 e. The number of nitrogens with zero attached hydrogens (tertiary/aromatic N) is 6. The lowest BCUT2D eigenvalue weighted by Crippen LogP contribution is -2.44. The van der Waals surface area contributed by atoms with E-state index in [1.165, 1.54) is 22.1 Å². The number of amides is 4. The normalized spacial score (nSPS) is 17.3. The number of pyridine rings is 1. The summed E-state index contributed by atoms with van der Waals surface area (Å²) in [5.41, 5.74) is 1.89. The molecule has 0 unspecified atom stereocenters. The summed E-state index contributed by atoms with van der Waals surface area (Å²) in [5.74, 6) is -1.32. The van der Waals surface area contributed by atoms with Crippen molar-refractivity contribution in [1.82, 2.24) is 25.0 Å². The summed E-state index contributed by atoms with van der Waals surface area (Å²) < 4.78 is 30.4. The summed E-state index contributed by atoms with van der Waals surface area (Å²) in [7, 11) is 0. The second-order valence-corrected chi connectivity index (χ2v) is 9.61. The Balaban J connectivity index is 1.35. The molecule has 0 aliphatic carbocycles. The second kappa shape index (κ2) is 9.89. The van der Waals surface area contributed by atoms with Gasteiger partial charge in [-0.05, 0) is 55.7 Å². The topological polar surface area (TPSA) is 133 Å². The molecule has 0 atom stereocenters. The second-order valence-electron chi connectivity index (χ2n) is 9.61. The molecule has 0 radical (unpaired) electrons. The molecule has 202 valence electrons. The summed E-state index contributed by atoms with van der Waals surface area (Å²) >= 11 is 0. The van der Waals surface area contributed by atoms with Gasteiger partial charge in [0.25, 0.3) is 11.8 Å². The Morgan fingerprint density at radius 3 is 2.56 bits per heavy atom. The number of imide groups is 1. The third-order valence-electron chi connectivity index (χ3n) is 6.72. The number of alkyl halides is 2. The lowest BCUT2D eigenvalue weighted by atomic mass is 9.97. The fourth-order valence-electron chi connectivity index (χ4n) is 4.64. The summed E-state index contributed by atoms with van der Waals surface area (Å²) in [5, 5.41) is 16.1. The van der Waals surface area contributed by atoms with Crippen molar-refractivity contribution in [3.8, 4) is 11.5 Å². The molecule has 2 aliphatic rings. The predicted molar refractivity (Wildman–Crippen MR) is 134 cm³/mol. The van der Waals surface area contributed by atoms with Crippen molar-refractivity contribution in [3.05, 3.63) is 65.8 Å². The van der Waals surface area contributed by atoms with Gasteiger partial charge >= 0.3 is 18.5 Å². The van der Waals surface area contributed by atoms with Crippen molar-refractivity contribution >= 4 is 29.3 Å². The van der Waals surface area contributed by atoms with Crippen molar-refractivity contribution < 1.29 is 32.7 Å². The minimum absolute atomic E-state index is 0.0974. The highest BCUT2D eigenvalue weighted by Crippen LogP contribution is 2.36. The van der Waals surface area contributed by atoms with E-state index in [0.717, 1.165) is 16.0 Å². The van der Waals surface area contributed by atoms with Crippen LogP contribution in [0.2, 0.25) is 0 Å². The monoisotopic (exact) mass is 538 g/mol. The van der Waals surface area contributed by atoms with E-state index < -0.39 is 35.9 Å². The third-order valence-corrected chi connectivity index (χ3v) is 6.72. The molecule has 2 aromatic heterocycles. The van der Waals surface area contributed by atoms with E-state index in [1.54, 1.807) is 32.0 Å². The number of anilines is 1. The summed E-state index contributed by atoms with van der Waals surface area (Å²) in [6.07, 6.45) is -0.129. The molecule has 0 spiro atoms. The molecule has 11 nitrogen and oxygen atoms in total. The molecule has 0 saturated carbocycles. The van der Waals surface area contributed by atoms with Crippen LogP contribution in [0.1, 0.15) is 43.8 Å². The molecule has 5 rings (SSSR count). The maximum atomic E-state index is 13.5. The molecule has 4 amide bonds. The standard InChI is InChI=1S/C26H24F2N6O5/c1-26(2)23(35)33(14-18-7-6-17(13-29-18)21-30-31-22(39-21)20(27)28)24(36)34(26)19-5-3-4-16(12-19)15-8-10-32(11-9-15)25(37)38/h3-8,12-13,20H,9-11,14H2,1-2H3,(H,37,38). The number of aromatic nitrogens is 3. The van der Waals surface area contributed by atoms with Gasteiger partial charge in [-0.2, -0.15) is 8.78 Å². The number of rotatable bonds is 6. The molecule has 1 fully saturated rings. The van der Waals surface area contributed by atoms with Crippen LogP contribution in [-0.4, -0.2) is 66.7 Å². The number of urea groups is 1. The minimum Gasteiger partial charge on any atom is -0.465 e. The highest BCUT2D eigenvalue weighted by Gasteiger charge is 2.52. The molecule has 1 saturated heterocycles. The SMILES string of the molecule is CC1(C)C(=O)N(Cc2ccc(-c3nnc(C(F)F)o3)cn2)C(=O)N1c1cccc(C2=CCN(C(=O)O)CC2)c1. The molecule has 3 aromatic rings. The molecule has 2 aliphatic heterocycles. The minimum atomic E-state index is -2.89. The summed E-state index contributed by atoms with van der Waals surface area (Å²) in [4.78, 5) is 46.2. The Bertz CT molecular complexity index is 1470. The van der Waals surface area contributed by atoms with Crippen LogP contribution in [0.15, 0.2) is 53.1 Å². The van der Waals surface area contributed by atoms with Crippen molar-refractivity contribution in [2.75, 3.05) is 18.0 Å². The number of carboxylic acid groups (broad SMARTS) is 1. The van der Waals surface area contributed by atoms with E-state index in [9.17, 15) is 28.3 Å². The number of benzene rings is 1. The Morgan fingerprint density at radius 1 is 1.15 bits per heavy atom. The lowest BCUT2D eigenvalue weighted by molar-refractivity contribution is -0.130. The maximum Gasteiger partial charge on any atom is 0.407 e. The van der Waals surface area contributed by atoms with E-state index in [-0.39, 0.29) is 19.0 Å². The first-order valence-corrected chi connectivity index (χ1v) is 12.1. The molecule has 13 heteroatoms. The average molecular weight is 539 g/mol. The molecule has 39 heavy (non-hydrogen) atoms. The number of hydrogen-bond acceptors (Lipinski definition) is 7. The van der Waals surface area contributed by atoms with Gasteiger partial charge in [-0.3, -0.25) is 19.6 Å². The van der Waals surface area contributed by atoms with Gasteiger partial charge in [0.05, 0.1) is 17.8 Å². The first-order valence-electron chi connectivity index (χ1n) is 12.1. The Hall–Kier alpha value is -4.68. The molecular formula is C26H24F2N6O5. The number of carbonyl (C=O) groups is 3. The predicted octanol–water partition coefficient (Wildman–Crippen LogP) is 4.58. The van der Waals surface area contributed by atoms with Crippen LogP contribution in [0.4, 0.5) is 24.1 Å². The van der Waals surface area contributed by atoms with Gasteiger partial charge in [-0.1, -0.05) is 18.2 Å². The van der Waals surface area contributed by atoms with Crippen LogP contribution in [0.25, 0.3) is 17.0 Å². The van der Waals surface area contributed by atoms with E-state index >= 15 is 0 Å². The lowest BCUT2D eigenvalue weighted by Gasteiger charge is -2.29. The fourth-order valence-corrected chi connectivity index (χ4v) is 4.64. The zero-order valence-corrected chi connectivity index (χ0v) is 21.0. The van der Waals surface area contributed by atoms with Gasteiger partial charge < -0.3 is 14.4 Å². The van der Waals surface area contributed by atoms with E-state index in [1.807, 2.05) is 18.2 Å². The molecule has 4 heterocycles. The zero-order chi connectivity index (χ0) is 27.9. The Kier molecular flexibility index (Phi) is 6.58. The first-order chi connectivity index (χ1) is 18.6. The van der Waals surface area contributed by atoms with Crippen LogP contribution in [0.5, 0.6) is 0 Å². The van der Waals surface area contributed by atoms with Gasteiger partial charge in [-0.25, -0.2) is 9.59 Å². The largest absolute Gasteiger partial charge is 0.465 e. The van der Waals surface area contributed by atoms with Crippen LogP contribution in [0.3, 0.4) is 0 Å². The third kappa shape index (κ3) is 4.82. The van der Waals surface area contributed by atoms with Gasteiger partial charge in [0.2, 0.25) is 5.89 Å². The molecular weight excluding hydrogens is 514 g/mol. The Labute approximate surface area is 221 Å². The molecule has 1 N–H and O–H groups in total. The summed E-state index contributed by atoms with van der Waals surface area (Å²) in [6.45, 7) is 3.88. The zero-order valence-electron chi connectivity index (χ0n) is 21.0. The number of carbonyl (C=O) groups excluding carboxylic acids is 2. The average Bonchev–Trinajstić information content (AvgIpc) is 3.48. The van der Waals surface area contributed by atoms with Gasteiger partial charge in [0, 0.05) is 25.0 Å². The van der Waals surface area contributed by atoms with Gasteiger partial charge in [0.1, 0.15) is 5.54 Å². The van der Waals surface area contributed by atoms with E-state index in [2.05, 4.69) is 15.2 Å². The van der Waals surface area contributed by atoms with E-state index in [4.69, 9.17) is 4.42 Å². The van der Waals surface area contributed by atoms with Crippen molar-refractivity contribution in [1.29, 1.82) is 0 Å².